The summed E-state index contributed by atoms with van der Waals surface area (Å²) in [7, 11) is 1.71. The highest BCUT2D eigenvalue weighted by molar-refractivity contribution is 5.41. The standard InChI is InChI=1S/C15H23NO/c1-11(2)10-15(16)8-4-5-12-6-7-13(17-3)9-14(12)15/h6-7,9,11H,4-5,8,10,16H2,1-3H3. The zero-order valence-electron chi connectivity index (χ0n) is 11.1. The summed E-state index contributed by atoms with van der Waals surface area (Å²) >= 11 is 0. The molecule has 2 heteroatoms. The second-order valence-electron chi connectivity index (χ2n) is 5.63. The molecule has 0 spiro atoms. The number of aryl methyl sites for hydroxylation is 1. The summed E-state index contributed by atoms with van der Waals surface area (Å²) < 4.78 is 5.32. The second kappa shape index (κ2) is 4.69. The van der Waals surface area contributed by atoms with Crippen molar-refractivity contribution >= 4 is 0 Å². The second-order valence-corrected chi connectivity index (χ2v) is 5.63. The van der Waals surface area contributed by atoms with E-state index >= 15 is 0 Å². The predicted molar refractivity (Wildman–Crippen MR) is 71.3 cm³/mol. The van der Waals surface area contributed by atoms with Gasteiger partial charge in [0.1, 0.15) is 5.75 Å². The third-order valence-electron chi connectivity index (χ3n) is 3.69. The van der Waals surface area contributed by atoms with E-state index in [2.05, 4.69) is 26.0 Å². The minimum Gasteiger partial charge on any atom is -0.497 e. The van der Waals surface area contributed by atoms with Crippen molar-refractivity contribution in [1.29, 1.82) is 0 Å². The predicted octanol–water partition coefficient (Wildman–Crippen LogP) is 3.23. The van der Waals surface area contributed by atoms with Crippen LogP contribution in [0.5, 0.6) is 5.75 Å². The van der Waals surface area contributed by atoms with Crippen molar-refractivity contribution in [3.8, 4) is 5.75 Å². The van der Waals surface area contributed by atoms with Gasteiger partial charge in [-0.05, 0) is 54.9 Å². The van der Waals surface area contributed by atoms with E-state index in [9.17, 15) is 0 Å². The number of methoxy groups -OCH3 is 1. The Bertz CT molecular complexity index is 400. The Morgan fingerprint density at radius 1 is 1.41 bits per heavy atom. The molecule has 0 amide bonds. The molecule has 94 valence electrons. The van der Waals surface area contributed by atoms with Crippen LogP contribution in [-0.2, 0) is 12.0 Å². The van der Waals surface area contributed by atoms with Gasteiger partial charge >= 0.3 is 0 Å². The van der Waals surface area contributed by atoms with Crippen LogP contribution in [0.4, 0.5) is 0 Å². The van der Waals surface area contributed by atoms with E-state index in [0.29, 0.717) is 5.92 Å². The number of benzene rings is 1. The van der Waals surface area contributed by atoms with E-state index in [-0.39, 0.29) is 5.54 Å². The summed E-state index contributed by atoms with van der Waals surface area (Å²) in [6, 6.07) is 6.35. The smallest absolute Gasteiger partial charge is 0.119 e. The molecule has 1 aliphatic rings. The van der Waals surface area contributed by atoms with Crippen molar-refractivity contribution in [2.24, 2.45) is 11.7 Å². The molecule has 2 nitrogen and oxygen atoms in total. The van der Waals surface area contributed by atoms with Crippen LogP contribution in [0, 0.1) is 5.92 Å². The summed E-state index contributed by atoms with van der Waals surface area (Å²) in [6.45, 7) is 4.48. The van der Waals surface area contributed by atoms with E-state index in [1.54, 1.807) is 7.11 Å². The highest BCUT2D eigenvalue weighted by Crippen LogP contribution is 2.39. The first-order valence-corrected chi connectivity index (χ1v) is 6.51. The van der Waals surface area contributed by atoms with Gasteiger partial charge in [-0.15, -0.1) is 0 Å². The van der Waals surface area contributed by atoms with Crippen molar-refractivity contribution in [2.75, 3.05) is 7.11 Å². The van der Waals surface area contributed by atoms with Crippen LogP contribution in [0.2, 0.25) is 0 Å². The third-order valence-corrected chi connectivity index (χ3v) is 3.69. The minimum atomic E-state index is -0.156. The zero-order valence-corrected chi connectivity index (χ0v) is 11.1. The monoisotopic (exact) mass is 233 g/mol. The highest BCUT2D eigenvalue weighted by atomic mass is 16.5. The molecular formula is C15H23NO. The summed E-state index contributed by atoms with van der Waals surface area (Å²) in [6.07, 6.45) is 4.48. The van der Waals surface area contributed by atoms with E-state index in [1.165, 1.54) is 17.5 Å². The maximum absolute atomic E-state index is 6.64. The molecule has 1 aromatic carbocycles. The summed E-state index contributed by atoms with van der Waals surface area (Å²) in [5.74, 6) is 1.54. The Balaban J connectivity index is 2.41. The van der Waals surface area contributed by atoms with Crippen LogP contribution in [0.1, 0.15) is 44.2 Å². The maximum atomic E-state index is 6.64. The van der Waals surface area contributed by atoms with Crippen LogP contribution in [0.3, 0.4) is 0 Å². The Kier molecular flexibility index (Phi) is 3.43. The molecule has 0 heterocycles. The highest BCUT2D eigenvalue weighted by Gasteiger charge is 2.33. The molecule has 0 aliphatic heterocycles. The van der Waals surface area contributed by atoms with Crippen LogP contribution in [0.15, 0.2) is 18.2 Å². The van der Waals surface area contributed by atoms with E-state index in [0.717, 1.165) is 25.0 Å². The van der Waals surface area contributed by atoms with E-state index in [4.69, 9.17) is 10.5 Å². The van der Waals surface area contributed by atoms with Gasteiger partial charge in [0.15, 0.2) is 0 Å². The Morgan fingerprint density at radius 3 is 2.82 bits per heavy atom. The number of hydrogen-bond acceptors (Lipinski definition) is 2. The summed E-state index contributed by atoms with van der Waals surface area (Å²) in [4.78, 5) is 0. The van der Waals surface area contributed by atoms with Crippen molar-refractivity contribution in [3.63, 3.8) is 0 Å². The van der Waals surface area contributed by atoms with E-state index in [1.807, 2.05) is 6.07 Å². The molecular weight excluding hydrogens is 210 g/mol. The number of hydrogen-bond donors (Lipinski definition) is 1. The van der Waals surface area contributed by atoms with Gasteiger partial charge in [0.05, 0.1) is 7.11 Å². The Labute approximate surface area is 104 Å². The van der Waals surface area contributed by atoms with Crippen LogP contribution in [0.25, 0.3) is 0 Å². The average Bonchev–Trinajstić information content (AvgIpc) is 2.28. The lowest BCUT2D eigenvalue weighted by Gasteiger charge is -2.37. The lowest BCUT2D eigenvalue weighted by molar-refractivity contribution is 0.301. The largest absolute Gasteiger partial charge is 0.497 e. The van der Waals surface area contributed by atoms with Crippen LogP contribution >= 0.6 is 0 Å². The molecule has 2 rings (SSSR count). The van der Waals surface area contributed by atoms with Gasteiger partial charge in [-0.3, -0.25) is 0 Å². The Hall–Kier alpha value is -1.02. The molecule has 17 heavy (non-hydrogen) atoms. The fraction of sp³-hybridized carbons (Fsp3) is 0.600. The fourth-order valence-electron chi connectivity index (χ4n) is 3.03. The SMILES string of the molecule is COc1ccc2c(c1)C(N)(CC(C)C)CCC2. The molecule has 0 saturated carbocycles. The molecule has 0 saturated heterocycles. The minimum absolute atomic E-state index is 0.156. The summed E-state index contributed by atoms with van der Waals surface area (Å²) in [5, 5.41) is 0. The van der Waals surface area contributed by atoms with Gasteiger partial charge in [-0.1, -0.05) is 19.9 Å². The first-order valence-electron chi connectivity index (χ1n) is 6.51. The lowest BCUT2D eigenvalue weighted by atomic mass is 9.73. The number of nitrogens with two attached hydrogens (primary N) is 1. The molecule has 1 aromatic rings. The first kappa shape index (κ1) is 12.4. The Morgan fingerprint density at radius 2 is 2.18 bits per heavy atom. The molecule has 0 aromatic heterocycles. The quantitative estimate of drug-likeness (QED) is 0.870. The van der Waals surface area contributed by atoms with Crippen molar-refractivity contribution in [1.82, 2.24) is 0 Å². The van der Waals surface area contributed by atoms with Gasteiger partial charge < -0.3 is 10.5 Å². The molecule has 0 bridgehead atoms. The van der Waals surface area contributed by atoms with Gasteiger partial charge in [0.25, 0.3) is 0 Å². The van der Waals surface area contributed by atoms with Gasteiger partial charge in [-0.25, -0.2) is 0 Å². The van der Waals surface area contributed by atoms with Gasteiger partial charge in [0, 0.05) is 5.54 Å². The molecule has 1 unspecified atom stereocenters. The molecule has 1 aliphatic carbocycles. The van der Waals surface area contributed by atoms with Crippen molar-refractivity contribution < 1.29 is 4.74 Å². The number of rotatable bonds is 3. The molecule has 1 atom stereocenters. The van der Waals surface area contributed by atoms with Crippen LogP contribution in [-0.4, -0.2) is 7.11 Å². The third kappa shape index (κ3) is 2.47. The number of ether oxygens (including phenoxy) is 1. The average molecular weight is 233 g/mol. The fourth-order valence-corrected chi connectivity index (χ4v) is 3.03. The maximum Gasteiger partial charge on any atom is 0.119 e. The summed E-state index contributed by atoms with van der Waals surface area (Å²) in [5.41, 5.74) is 9.19. The zero-order chi connectivity index (χ0) is 12.5. The van der Waals surface area contributed by atoms with E-state index < -0.39 is 0 Å². The van der Waals surface area contributed by atoms with Crippen molar-refractivity contribution in [3.05, 3.63) is 29.3 Å². The lowest BCUT2D eigenvalue weighted by Crippen LogP contribution is -2.41. The molecule has 0 radical (unpaired) electrons. The van der Waals surface area contributed by atoms with Gasteiger partial charge in [-0.2, -0.15) is 0 Å². The topological polar surface area (TPSA) is 35.2 Å². The molecule has 2 N–H and O–H groups in total. The van der Waals surface area contributed by atoms with Crippen LogP contribution < -0.4 is 10.5 Å². The normalized spacial score (nSPS) is 23.6. The molecule has 0 fully saturated rings. The first-order chi connectivity index (χ1) is 8.05. The number of fused-ring (bicyclic) bond motifs is 1. The van der Waals surface area contributed by atoms with Crippen molar-refractivity contribution in [2.45, 2.75) is 45.1 Å². The van der Waals surface area contributed by atoms with Gasteiger partial charge in [0.2, 0.25) is 0 Å².